The number of anilines is 1. The Kier molecular flexibility index (Phi) is 7.00. The normalized spacial score (nSPS) is 14.7. The fraction of sp³-hybridized carbons (Fsp3) is 0.400. The minimum Gasteiger partial charge on any atom is -0.492 e. The lowest BCUT2D eigenvalue weighted by molar-refractivity contribution is 0.245. The van der Waals surface area contributed by atoms with Crippen LogP contribution in [0.2, 0.25) is 0 Å². The molecule has 0 spiro atoms. The molecule has 156 valence electrons. The number of piperazine rings is 1. The van der Waals surface area contributed by atoms with Crippen LogP contribution in [0, 0.1) is 0 Å². The molecule has 3 heterocycles. The van der Waals surface area contributed by atoms with E-state index in [1.54, 1.807) is 10.8 Å². The lowest BCUT2D eigenvalue weighted by Crippen LogP contribution is -2.48. The highest BCUT2D eigenvalue weighted by Crippen LogP contribution is 2.28. The highest BCUT2D eigenvalue weighted by molar-refractivity contribution is 7.09. The van der Waals surface area contributed by atoms with Crippen molar-refractivity contribution < 1.29 is 4.74 Å². The van der Waals surface area contributed by atoms with Crippen molar-refractivity contribution >= 4 is 40.3 Å². The number of hydrogen-bond donors (Lipinski definition) is 1. The zero-order valence-corrected chi connectivity index (χ0v) is 17.9. The van der Waals surface area contributed by atoms with Gasteiger partial charge in [0, 0.05) is 50.0 Å². The number of benzene rings is 1. The van der Waals surface area contributed by atoms with Crippen molar-refractivity contribution in [1.82, 2.24) is 14.5 Å². The predicted molar refractivity (Wildman–Crippen MR) is 120 cm³/mol. The van der Waals surface area contributed by atoms with E-state index >= 15 is 0 Å². The maximum Gasteiger partial charge on any atom is 0.328 e. The molecule has 0 amide bonds. The first-order valence-electron chi connectivity index (χ1n) is 9.55. The summed E-state index contributed by atoms with van der Waals surface area (Å²) in [6.45, 7) is 7.26. The van der Waals surface area contributed by atoms with Crippen LogP contribution >= 0.6 is 23.7 Å². The van der Waals surface area contributed by atoms with Gasteiger partial charge in [0.25, 0.3) is 5.56 Å². The molecule has 4 rings (SSSR count). The van der Waals surface area contributed by atoms with Crippen LogP contribution in [-0.2, 0) is 6.54 Å². The van der Waals surface area contributed by atoms with Crippen LogP contribution in [0.3, 0.4) is 0 Å². The van der Waals surface area contributed by atoms with Gasteiger partial charge in [0.1, 0.15) is 5.75 Å². The van der Waals surface area contributed by atoms with Crippen molar-refractivity contribution in [3.63, 3.8) is 0 Å². The Morgan fingerprint density at radius 3 is 2.59 bits per heavy atom. The Labute approximate surface area is 178 Å². The maximum atomic E-state index is 12.5. The van der Waals surface area contributed by atoms with E-state index in [0.717, 1.165) is 37.6 Å². The molecule has 0 atom stereocenters. The molecule has 1 saturated heterocycles. The van der Waals surface area contributed by atoms with Crippen molar-refractivity contribution in [2.24, 2.45) is 0 Å². The van der Waals surface area contributed by atoms with Gasteiger partial charge in [-0.3, -0.25) is 14.3 Å². The van der Waals surface area contributed by atoms with Crippen LogP contribution in [0.25, 0.3) is 10.9 Å². The maximum absolute atomic E-state index is 12.5. The summed E-state index contributed by atoms with van der Waals surface area (Å²) in [7, 11) is 0. The average molecular weight is 437 g/mol. The van der Waals surface area contributed by atoms with Gasteiger partial charge in [-0.1, -0.05) is 12.1 Å². The summed E-state index contributed by atoms with van der Waals surface area (Å²) in [5.41, 5.74) is 1.21. The minimum absolute atomic E-state index is 0. The molecule has 3 aromatic rings. The number of H-pyrrole nitrogens is 1. The molecule has 1 aliphatic rings. The van der Waals surface area contributed by atoms with E-state index < -0.39 is 0 Å². The van der Waals surface area contributed by atoms with E-state index in [4.69, 9.17) is 4.74 Å². The fourth-order valence-electron chi connectivity index (χ4n) is 3.63. The van der Waals surface area contributed by atoms with Gasteiger partial charge in [0.2, 0.25) is 0 Å². The average Bonchev–Trinajstić information content (AvgIpc) is 3.18. The van der Waals surface area contributed by atoms with E-state index in [1.165, 1.54) is 15.9 Å². The molecule has 7 nitrogen and oxygen atoms in total. The molecule has 2 aromatic heterocycles. The monoisotopic (exact) mass is 436 g/mol. The molecule has 1 aliphatic heterocycles. The number of fused-ring (bicyclic) bond motifs is 1. The molecule has 0 aliphatic carbocycles. The molecular formula is C20H25ClN4O3S. The second-order valence-corrected chi connectivity index (χ2v) is 7.56. The molecule has 9 heteroatoms. The third-order valence-electron chi connectivity index (χ3n) is 5.14. The first-order chi connectivity index (χ1) is 13.7. The van der Waals surface area contributed by atoms with Crippen molar-refractivity contribution in [3.8, 4) is 5.75 Å². The van der Waals surface area contributed by atoms with Gasteiger partial charge in [-0.05, 0) is 19.1 Å². The van der Waals surface area contributed by atoms with Gasteiger partial charge in [-0.15, -0.1) is 23.7 Å². The topological polar surface area (TPSA) is 70.6 Å². The van der Waals surface area contributed by atoms with Crippen LogP contribution in [0.4, 0.5) is 5.69 Å². The number of thiophene rings is 1. The molecule has 0 bridgehead atoms. The van der Waals surface area contributed by atoms with E-state index in [1.807, 2.05) is 25.1 Å². The van der Waals surface area contributed by atoms with Crippen molar-refractivity contribution in [1.29, 1.82) is 0 Å². The Balaban J connectivity index is 0.00000240. The Bertz CT molecular complexity index is 1070. The van der Waals surface area contributed by atoms with Gasteiger partial charge < -0.3 is 14.6 Å². The number of aromatic amines is 1. The lowest BCUT2D eigenvalue weighted by Gasteiger charge is -2.36. The van der Waals surface area contributed by atoms with E-state index in [2.05, 4.69) is 20.9 Å². The predicted octanol–water partition coefficient (Wildman–Crippen LogP) is 2.39. The number of nitrogens with zero attached hydrogens (tertiary/aromatic N) is 3. The van der Waals surface area contributed by atoms with Gasteiger partial charge >= 0.3 is 5.69 Å². The number of halogens is 1. The van der Waals surface area contributed by atoms with Crippen molar-refractivity contribution in [2.45, 2.75) is 13.5 Å². The summed E-state index contributed by atoms with van der Waals surface area (Å²) in [6.07, 6.45) is 0. The van der Waals surface area contributed by atoms with Gasteiger partial charge in [0.05, 0.1) is 23.2 Å². The Morgan fingerprint density at radius 2 is 1.83 bits per heavy atom. The van der Waals surface area contributed by atoms with Crippen LogP contribution in [-0.4, -0.2) is 53.8 Å². The molecule has 29 heavy (non-hydrogen) atoms. The Hall–Kier alpha value is -2.29. The van der Waals surface area contributed by atoms with E-state index in [0.29, 0.717) is 30.6 Å². The highest BCUT2D eigenvalue weighted by atomic mass is 35.5. The lowest BCUT2D eigenvalue weighted by atomic mass is 10.2. The van der Waals surface area contributed by atoms with Gasteiger partial charge in [-0.25, -0.2) is 4.79 Å². The fourth-order valence-corrected chi connectivity index (χ4v) is 4.39. The summed E-state index contributed by atoms with van der Waals surface area (Å²) < 4.78 is 7.06. The van der Waals surface area contributed by atoms with Crippen LogP contribution < -0.4 is 20.9 Å². The number of aromatic nitrogens is 2. The second-order valence-electron chi connectivity index (χ2n) is 6.82. The van der Waals surface area contributed by atoms with Crippen LogP contribution in [0.1, 0.15) is 6.92 Å². The molecule has 0 unspecified atom stereocenters. The summed E-state index contributed by atoms with van der Waals surface area (Å²) >= 11 is 1.42. The summed E-state index contributed by atoms with van der Waals surface area (Å²) in [5, 5.41) is 4.17. The smallest absolute Gasteiger partial charge is 0.328 e. The van der Waals surface area contributed by atoms with E-state index in [-0.39, 0.29) is 23.7 Å². The summed E-state index contributed by atoms with van der Waals surface area (Å²) in [4.78, 5) is 32.2. The largest absolute Gasteiger partial charge is 0.492 e. The molecule has 0 saturated carbocycles. The molecule has 1 fully saturated rings. The standard InChI is InChI=1S/C20H24N4O3S.ClH/c1-2-27-18-6-4-3-5-17(18)23-10-7-22(8-11-23)9-12-24-19(25)15-13-28-14-16(15)21-20(24)26;/h3-6,13-14H,2,7-12H2,1H3,(H,21,26);1H. The molecule has 1 aromatic carbocycles. The molecule has 0 radical (unpaired) electrons. The van der Waals surface area contributed by atoms with E-state index in [9.17, 15) is 9.59 Å². The highest BCUT2D eigenvalue weighted by Gasteiger charge is 2.20. The number of nitrogens with one attached hydrogen (secondary N) is 1. The van der Waals surface area contributed by atoms with Crippen molar-refractivity contribution in [3.05, 3.63) is 55.9 Å². The number of rotatable bonds is 6. The second kappa shape index (κ2) is 9.47. The molecule has 1 N–H and O–H groups in total. The zero-order valence-electron chi connectivity index (χ0n) is 16.3. The third kappa shape index (κ3) is 4.49. The van der Waals surface area contributed by atoms with Crippen LogP contribution in [0.5, 0.6) is 5.75 Å². The first-order valence-corrected chi connectivity index (χ1v) is 10.5. The quantitative estimate of drug-likeness (QED) is 0.642. The number of hydrogen-bond acceptors (Lipinski definition) is 6. The molecular weight excluding hydrogens is 412 g/mol. The SMILES string of the molecule is CCOc1ccccc1N1CCN(CCn2c(=O)[nH]c3cscc3c2=O)CC1.Cl. The van der Waals surface area contributed by atoms with Gasteiger partial charge in [0.15, 0.2) is 0 Å². The summed E-state index contributed by atoms with van der Waals surface area (Å²) in [5.74, 6) is 0.917. The number of para-hydroxylation sites is 2. The summed E-state index contributed by atoms with van der Waals surface area (Å²) in [6, 6.07) is 8.12. The first kappa shape index (κ1) is 21.4. The number of ether oxygens (including phenoxy) is 1. The Morgan fingerprint density at radius 1 is 1.07 bits per heavy atom. The van der Waals surface area contributed by atoms with Gasteiger partial charge in [-0.2, -0.15) is 0 Å². The third-order valence-corrected chi connectivity index (χ3v) is 5.89. The minimum atomic E-state index is -0.333. The zero-order chi connectivity index (χ0) is 19.5. The van der Waals surface area contributed by atoms with Crippen molar-refractivity contribution in [2.75, 3.05) is 44.2 Å². The van der Waals surface area contributed by atoms with Crippen LogP contribution in [0.15, 0.2) is 44.6 Å².